The summed E-state index contributed by atoms with van der Waals surface area (Å²) >= 11 is 0. The van der Waals surface area contributed by atoms with Gasteiger partial charge in [-0.15, -0.1) is 0 Å². The quantitative estimate of drug-likeness (QED) is 0.263. The molecule has 0 radical (unpaired) electrons. The maximum atomic E-state index is 12.5. The van der Waals surface area contributed by atoms with Crippen molar-refractivity contribution in [3.63, 3.8) is 0 Å². The van der Waals surface area contributed by atoms with Gasteiger partial charge >= 0.3 is 0 Å². The SMILES string of the molecule is CC(=O)NCCCCCC(=O)Nc1ccc(C2OC(CN3CCCC3CN3CCCC3)CC(c3ccc(CO)cc3)O2)cc1. The number of hydrogen-bond acceptors (Lipinski definition) is 7. The summed E-state index contributed by atoms with van der Waals surface area (Å²) in [4.78, 5) is 28.7. The minimum atomic E-state index is -0.510. The molecule has 5 rings (SSSR count). The average molecular weight is 607 g/mol. The summed E-state index contributed by atoms with van der Waals surface area (Å²) in [5, 5.41) is 15.3. The van der Waals surface area contributed by atoms with Crippen molar-refractivity contribution in [3.05, 3.63) is 65.2 Å². The smallest absolute Gasteiger partial charge is 0.224 e. The molecule has 0 aromatic heterocycles. The highest BCUT2D eigenvalue weighted by Gasteiger charge is 2.36. The van der Waals surface area contributed by atoms with Gasteiger partial charge in [0.15, 0.2) is 6.29 Å². The molecule has 3 N–H and O–H groups in total. The fraction of sp³-hybridized carbons (Fsp3) is 0.600. The minimum Gasteiger partial charge on any atom is -0.392 e. The number of carbonyl (C=O) groups is 2. The molecular formula is C35H50N4O5. The van der Waals surface area contributed by atoms with Crippen LogP contribution in [0.1, 0.15) is 93.8 Å². The highest BCUT2D eigenvalue weighted by Crippen LogP contribution is 2.39. The van der Waals surface area contributed by atoms with Crippen LogP contribution in [0.3, 0.4) is 0 Å². The normalized spacial score (nSPS) is 24.4. The van der Waals surface area contributed by atoms with Gasteiger partial charge in [-0.25, -0.2) is 0 Å². The zero-order chi connectivity index (χ0) is 30.7. The Morgan fingerprint density at radius 2 is 1.64 bits per heavy atom. The first-order valence-electron chi connectivity index (χ1n) is 16.6. The molecule has 3 saturated heterocycles. The number of unbranched alkanes of at least 4 members (excludes halogenated alkanes) is 2. The molecule has 240 valence electrons. The third kappa shape index (κ3) is 9.59. The van der Waals surface area contributed by atoms with Crippen molar-refractivity contribution in [2.75, 3.05) is 44.6 Å². The molecule has 2 aromatic rings. The van der Waals surface area contributed by atoms with Crippen molar-refractivity contribution < 1.29 is 24.2 Å². The maximum Gasteiger partial charge on any atom is 0.224 e. The van der Waals surface area contributed by atoms with Crippen LogP contribution in [0.5, 0.6) is 0 Å². The number of carbonyl (C=O) groups excluding carboxylic acids is 2. The first kappa shape index (κ1) is 32.6. The molecule has 2 aromatic carbocycles. The summed E-state index contributed by atoms with van der Waals surface area (Å²) in [6.45, 7) is 7.80. The van der Waals surface area contributed by atoms with Crippen molar-refractivity contribution in [1.82, 2.24) is 15.1 Å². The average Bonchev–Trinajstić information content (AvgIpc) is 3.71. The molecule has 4 atom stereocenters. The van der Waals surface area contributed by atoms with E-state index in [2.05, 4.69) is 32.6 Å². The lowest BCUT2D eigenvalue weighted by molar-refractivity contribution is -0.253. The first-order chi connectivity index (χ1) is 21.5. The molecule has 0 bridgehead atoms. The predicted molar refractivity (Wildman–Crippen MR) is 171 cm³/mol. The Balaban J connectivity index is 1.19. The van der Waals surface area contributed by atoms with Crippen LogP contribution in [0.2, 0.25) is 0 Å². The number of anilines is 1. The summed E-state index contributed by atoms with van der Waals surface area (Å²) in [6, 6.07) is 16.4. The van der Waals surface area contributed by atoms with Gasteiger partial charge in [-0.2, -0.15) is 0 Å². The number of nitrogens with zero attached hydrogens (tertiary/aromatic N) is 2. The molecular weight excluding hydrogens is 556 g/mol. The van der Waals surface area contributed by atoms with E-state index in [0.717, 1.165) is 67.7 Å². The van der Waals surface area contributed by atoms with E-state index < -0.39 is 6.29 Å². The van der Waals surface area contributed by atoms with Crippen molar-refractivity contribution in [3.8, 4) is 0 Å². The number of ether oxygens (including phenoxy) is 2. The number of benzene rings is 2. The minimum absolute atomic E-state index is 0.0111. The predicted octanol–water partition coefficient (Wildman–Crippen LogP) is 4.92. The van der Waals surface area contributed by atoms with Gasteiger partial charge in [0.2, 0.25) is 11.8 Å². The van der Waals surface area contributed by atoms with Crippen molar-refractivity contribution in [2.45, 2.75) is 95.9 Å². The summed E-state index contributed by atoms with van der Waals surface area (Å²) in [5.41, 5.74) is 3.66. The van der Waals surface area contributed by atoms with Crippen LogP contribution in [0.25, 0.3) is 0 Å². The zero-order valence-electron chi connectivity index (χ0n) is 26.2. The van der Waals surface area contributed by atoms with Crippen LogP contribution in [0.4, 0.5) is 5.69 Å². The maximum absolute atomic E-state index is 12.5. The number of rotatable bonds is 14. The largest absolute Gasteiger partial charge is 0.392 e. The van der Waals surface area contributed by atoms with E-state index in [1.165, 1.54) is 45.7 Å². The molecule has 9 nitrogen and oxygen atoms in total. The number of hydrogen-bond donors (Lipinski definition) is 3. The number of nitrogens with one attached hydrogen (secondary N) is 2. The Bertz CT molecular complexity index is 1180. The molecule has 4 unspecified atom stereocenters. The van der Waals surface area contributed by atoms with Crippen LogP contribution < -0.4 is 10.6 Å². The Morgan fingerprint density at radius 3 is 2.36 bits per heavy atom. The first-order valence-corrected chi connectivity index (χ1v) is 16.6. The van der Waals surface area contributed by atoms with Crippen molar-refractivity contribution in [1.29, 1.82) is 0 Å². The van der Waals surface area contributed by atoms with E-state index in [9.17, 15) is 14.7 Å². The molecule has 3 aliphatic rings. The molecule has 0 aliphatic carbocycles. The van der Waals surface area contributed by atoms with E-state index >= 15 is 0 Å². The topological polar surface area (TPSA) is 103 Å². The highest BCUT2D eigenvalue weighted by atomic mass is 16.7. The number of aliphatic hydroxyl groups excluding tert-OH is 1. The van der Waals surface area contributed by atoms with E-state index in [0.29, 0.717) is 19.0 Å². The van der Waals surface area contributed by atoms with Gasteiger partial charge in [0.05, 0.1) is 18.8 Å². The van der Waals surface area contributed by atoms with Gasteiger partial charge in [0, 0.05) is 56.7 Å². The van der Waals surface area contributed by atoms with Gasteiger partial charge in [-0.3, -0.25) is 14.5 Å². The monoisotopic (exact) mass is 606 g/mol. The Labute approximate surface area is 262 Å². The second kappa shape index (κ2) is 16.5. The van der Waals surface area contributed by atoms with Crippen LogP contribution in [0, 0.1) is 0 Å². The van der Waals surface area contributed by atoms with Crippen molar-refractivity contribution >= 4 is 17.5 Å². The van der Waals surface area contributed by atoms with Gasteiger partial charge in [-0.1, -0.05) is 42.8 Å². The van der Waals surface area contributed by atoms with Gasteiger partial charge in [0.1, 0.15) is 0 Å². The summed E-state index contributed by atoms with van der Waals surface area (Å²) in [5.74, 6) is -0.0332. The molecule has 44 heavy (non-hydrogen) atoms. The van der Waals surface area contributed by atoms with E-state index in [4.69, 9.17) is 9.47 Å². The lowest BCUT2D eigenvalue weighted by Crippen LogP contribution is -2.45. The number of amides is 2. The number of likely N-dealkylation sites (tertiary alicyclic amines) is 2. The van der Waals surface area contributed by atoms with Crippen molar-refractivity contribution in [2.24, 2.45) is 0 Å². The molecule has 3 heterocycles. The third-order valence-corrected chi connectivity index (χ3v) is 9.14. The lowest BCUT2D eigenvalue weighted by atomic mass is 9.99. The van der Waals surface area contributed by atoms with Crippen LogP contribution in [0.15, 0.2) is 48.5 Å². The third-order valence-electron chi connectivity index (χ3n) is 9.14. The standard InChI is InChI=1S/C35H50N4O5/c1-26(41)36-18-4-2-3-9-34(42)37-30-16-14-29(15-17-30)35-43-32(22-33(44-35)28-12-10-27(25-40)11-13-28)24-39-21-7-8-31(39)23-38-19-5-6-20-38/h10-17,31-33,35,40H,2-9,18-25H2,1H3,(H,36,41)(H,37,42). The summed E-state index contributed by atoms with van der Waals surface area (Å²) in [7, 11) is 0. The Morgan fingerprint density at radius 1 is 0.886 bits per heavy atom. The molecule has 0 spiro atoms. The van der Waals surface area contributed by atoms with Gasteiger partial charge in [-0.05, 0) is 81.4 Å². The van der Waals surface area contributed by atoms with Crippen LogP contribution in [-0.4, -0.2) is 78.1 Å². The number of aliphatic hydroxyl groups is 1. The van der Waals surface area contributed by atoms with Gasteiger partial charge < -0.3 is 30.1 Å². The van der Waals surface area contributed by atoms with E-state index in [-0.39, 0.29) is 30.6 Å². The lowest BCUT2D eigenvalue weighted by Gasteiger charge is -2.39. The molecule has 9 heteroatoms. The Hall–Kier alpha value is -2.82. The Kier molecular flexibility index (Phi) is 12.2. The second-order valence-electron chi connectivity index (χ2n) is 12.6. The fourth-order valence-corrected chi connectivity index (χ4v) is 6.70. The van der Waals surface area contributed by atoms with Gasteiger partial charge in [0.25, 0.3) is 0 Å². The zero-order valence-corrected chi connectivity index (χ0v) is 26.2. The molecule has 2 amide bonds. The van der Waals surface area contributed by atoms with E-state index in [1.807, 2.05) is 36.4 Å². The second-order valence-corrected chi connectivity index (χ2v) is 12.6. The summed E-state index contributed by atoms with van der Waals surface area (Å²) < 4.78 is 13.2. The highest BCUT2D eigenvalue weighted by molar-refractivity contribution is 5.90. The van der Waals surface area contributed by atoms with Crippen LogP contribution in [-0.2, 0) is 25.7 Å². The molecule has 3 fully saturated rings. The van der Waals surface area contributed by atoms with Crippen LogP contribution >= 0.6 is 0 Å². The molecule has 3 aliphatic heterocycles. The van der Waals surface area contributed by atoms with E-state index in [1.54, 1.807) is 0 Å². The molecule has 0 saturated carbocycles. The summed E-state index contributed by atoms with van der Waals surface area (Å²) in [6.07, 6.45) is 8.30. The fourth-order valence-electron chi connectivity index (χ4n) is 6.70.